The van der Waals surface area contributed by atoms with E-state index in [4.69, 9.17) is 4.74 Å². The maximum Gasteiger partial charge on any atom is 0.310 e. The van der Waals surface area contributed by atoms with E-state index in [2.05, 4.69) is 17.1 Å². The molecule has 7 nitrogen and oxygen atoms in total. The lowest BCUT2D eigenvalue weighted by molar-refractivity contribution is -0.148. The first-order chi connectivity index (χ1) is 12.6. The van der Waals surface area contributed by atoms with Crippen molar-refractivity contribution in [1.82, 2.24) is 4.90 Å². The molecule has 2 aliphatic heterocycles. The molecule has 0 radical (unpaired) electrons. The molecule has 3 rings (SSSR count). The molecule has 2 fully saturated rings. The first-order valence-electron chi connectivity index (χ1n) is 9.79. The van der Waals surface area contributed by atoms with Crippen molar-refractivity contribution in [3.05, 3.63) is 20.4 Å². The Morgan fingerprint density at radius 2 is 1.92 bits per heavy atom. The van der Waals surface area contributed by atoms with Crippen molar-refractivity contribution < 1.29 is 9.53 Å². The smallest absolute Gasteiger partial charge is 0.310 e. The van der Waals surface area contributed by atoms with Crippen LogP contribution in [0.25, 0.3) is 0 Å². The number of carbonyl (C=O) groups excluding carboxylic acids is 1. The first kappa shape index (κ1) is 18.9. The van der Waals surface area contributed by atoms with E-state index >= 15 is 0 Å². The van der Waals surface area contributed by atoms with Gasteiger partial charge in [0.15, 0.2) is 0 Å². The van der Waals surface area contributed by atoms with Crippen LogP contribution in [0.1, 0.15) is 39.5 Å². The van der Waals surface area contributed by atoms with Gasteiger partial charge in [0.05, 0.1) is 12.5 Å². The zero-order valence-corrected chi connectivity index (χ0v) is 15.8. The van der Waals surface area contributed by atoms with Gasteiger partial charge in [0.25, 0.3) is 10.9 Å². The Morgan fingerprint density at radius 1 is 1.15 bits per heavy atom. The highest BCUT2D eigenvalue weighted by Crippen LogP contribution is 2.27. The predicted molar refractivity (Wildman–Crippen MR) is 102 cm³/mol. The van der Waals surface area contributed by atoms with Crippen LogP contribution in [0.3, 0.4) is 0 Å². The van der Waals surface area contributed by atoms with Crippen LogP contribution >= 0.6 is 0 Å². The topological polar surface area (TPSA) is 79.0 Å². The summed E-state index contributed by atoms with van der Waals surface area (Å²) in [6.07, 6.45) is 3.86. The molecule has 144 valence electrons. The molecule has 0 unspecified atom stereocenters. The molecule has 1 N–H and O–H groups in total. The quantitative estimate of drug-likeness (QED) is 0.571. The van der Waals surface area contributed by atoms with Crippen molar-refractivity contribution >= 4 is 17.3 Å². The van der Waals surface area contributed by atoms with E-state index in [9.17, 15) is 14.4 Å². The number of anilines is 2. The zero-order chi connectivity index (χ0) is 18.7. The second kappa shape index (κ2) is 8.20. The van der Waals surface area contributed by atoms with Gasteiger partial charge in [0, 0.05) is 25.7 Å². The number of rotatable bonds is 7. The first-order valence-corrected chi connectivity index (χ1v) is 9.79. The standard InChI is InChI=1S/C19H29N3O4/c1-3-21-9-6-8-14(21)11-20-15-16(18(24)17(15)23)22-10-5-7-13(12-22)19(25)26-4-2/h13-14,20H,3-12H2,1-2H3/t13-,14-/m1/s1. The highest BCUT2D eigenvalue weighted by atomic mass is 16.5. The van der Waals surface area contributed by atoms with Gasteiger partial charge in [-0.1, -0.05) is 6.92 Å². The van der Waals surface area contributed by atoms with Crippen molar-refractivity contribution in [3.8, 4) is 0 Å². The lowest BCUT2D eigenvalue weighted by atomic mass is 9.96. The maximum absolute atomic E-state index is 12.2. The van der Waals surface area contributed by atoms with E-state index in [-0.39, 0.29) is 11.9 Å². The second-order valence-electron chi connectivity index (χ2n) is 7.22. The Kier molecular flexibility index (Phi) is 5.96. The number of nitrogens with zero attached hydrogens (tertiary/aromatic N) is 2. The minimum absolute atomic E-state index is 0.213. The molecule has 1 aromatic rings. The number of likely N-dealkylation sites (N-methyl/N-ethyl adjacent to an activating group) is 1. The van der Waals surface area contributed by atoms with Gasteiger partial charge in [-0.05, 0) is 45.7 Å². The van der Waals surface area contributed by atoms with Crippen molar-refractivity contribution in [2.24, 2.45) is 5.92 Å². The van der Waals surface area contributed by atoms with Gasteiger partial charge in [-0.2, -0.15) is 0 Å². The Balaban J connectivity index is 1.67. The molecule has 0 bridgehead atoms. The summed E-state index contributed by atoms with van der Waals surface area (Å²) < 4.78 is 5.12. The highest BCUT2D eigenvalue weighted by molar-refractivity contribution is 5.78. The third-order valence-electron chi connectivity index (χ3n) is 5.66. The SMILES string of the molecule is CCOC(=O)[C@@H]1CCCN(c2c(NC[C@H]3CCCN3CC)c(=O)c2=O)C1. The predicted octanol–water partition coefficient (Wildman–Crippen LogP) is 0.958. The highest BCUT2D eigenvalue weighted by Gasteiger charge is 2.33. The van der Waals surface area contributed by atoms with Crippen LogP contribution in [-0.4, -0.2) is 56.2 Å². The molecule has 0 aromatic heterocycles. The second-order valence-corrected chi connectivity index (χ2v) is 7.22. The lowest BCUT2D eigenvalue weighted by Gasteiger charge is -2.35. The Hall–Kier alpha value is -1.89. The van der Waals surface area contributed by atoms with Gasteiger partial charge in [0.2, 0.25) is 0 Å². The van der Waals surface area contributed by atoms with Gasteiger partial charge in [-0.3, -0.25) is 19.3 Å². The Labute approximate surface area is 154 Å². The zero-order valence-electron chi connectivity index (χ0n) is 15.8. The summed E-state index contributed by atoms with van der Waals surface area (Å²) in [7, 11) is 0. The van der Waals surface area contributed by atoms with Gasteiger partial charge < -0.3 is 15.0 Å². The molecule has 1 aromatic carbocycles. The molecule has 0 saturated carbocycles. The van der Waals surface area contributed by atoms with Crippen LogP contribution in [-0.2, 0) is 9.53 Å². The van der Waals surface area contributed by atoms with Crippen molar-refractivity contribution in [3.63, 3.8) is 0 Å². The molecule has 2 atom stereocenters. The largest absolute Gasteiger partial charge is 0.466 e. The number of likely N-dealkylation sites (tertiary alicyclic amines) is 1. The molecular formula is C19H29N3O4. The summed E-state index contributed by atoms with van der Waals surface area (Å²) in [4.78, 5) is 40.6. The fourth-order valence-electron chi connectivity index (χ4n) is 4.24. The van der Waals surface area contributed by atoms with Crippen LogP contribution in [0.2, 0.25) is 0 Å². The van der Waals surface area contributed by atoms with E-state index in [1.54, 1.807) is 6.92 Å². The number of esters is 1. The normalized spacial score (nSPS) is 24.2. The van der Waals surface area contributed by atoms with E-state index in [0.717, 1.165) is 32.4 Å². The summed E-state index contributed by atoms with van der Waals surface area (Å²) in [6, 6.07) is 0.408. The number of ether oxygens (including phenoxy) is 1. The molecule has 2 aliphatic rings. The summed E-state index contributed by atoms with van der Waals surface area (Å²) in [6.45, 7) is 8.21. The molecule has 26 heavy (non-hydrogen) atoms. The summed E-state index contributed by atoms with van der Waals surface area (Å²) >= 11 is 0. The Morgan fingerprint density at radius 3 is 2.65 bits per heavy atom. The minimum atomic E-state index is -0.434. The van der Waals surface area contributed by atoms with Gasteiger partial charge in [-0.15, -0.1) is 0 Å². The number of hydrogen-bond donors (Lipinski definition) is 1. The number of nitrogens with one attached hydrogen (secondary N) is 1. The van der Waals surface area contributed by atoms with Crippen molar-refractivity contribution in [2.75, 3.05) is 49.5 Å². The summed E-state index contributed by atoms with van der Waals surface area (Å²) in [5.41, 5.74) is 0.0302. The Bertz CT molecular complexity index is 710. The van der Waals surface area contributed by atoms with Crippen LogP contribution in [0.4, 0.5) is 11.4 Å². The van der Waals surface area contributed by atoms with Crippen molar-refractivity contribution in [2.45, 2.75) is 45.6 Å². The molecule has 7 heteroatoms. The number of hydrogen-bond acceptors (Lipinski definition) is 7. The van der Waals surface area contributed by atoms with Gasteiger partial charge in [-0.25, -0.2) is 0 Å². The fourth-order valence-corrected chi connectivity index (χ4v) is 4.24. The average molecular weight is 363 g/mol. The average Bonchev–Trinajstić information content (AvgIpc) is 3.12. The number of carbonyl (C=O) groups is 1. The van der Waals surface area contributed by atoms with E-state index in [1.807, 2.05) is 4.90 Å². The maximum atomic E-state index is 12.2. The summed E-state index contributed by atoms with van der Waals surface area (Å²) in [5.74, 6) is -0.443. The molecule has 0 amide bonds. The molecular weight excluding hydrogens is 334 g/mol. The molecule has 2 saturated heterocycles. The van der Waals surface area contributed by atoms with E-state index < -0.39 is 10.9 Å². The van der Waals surface area contributed by atoms with Crippen LogP contribution in [0.5, 0.6) is 0 Å². The molecule has 0 aliphatic carbocycles. The monoisotopic (exact) mass is 363 g/mol. The summed E-state index contributed by atoms with van der Waals surface area (Å²) in [5, 5.41) is 3.23. The van der Waals surface area contributed by atoms with E-state index in [0.29, 0.717) is 43.7 Å². The lowest BCUT2D eigenvalue weighted by Crippen LogP contribution is -2.48. The van der Waals surface area contributed by atoms with Gasteiger partial charge >= 0.3 is 5.97 Å². The third-order valence-corrected chi connectivity index (χ3v) is 5.66. The van der Waals surface area contributed by atoms with Crippen molar-refractivity contribution in [1.29, 1.82) is 0 Å². The van der Waals surface area contributed by atoms with Crippen LogP contribution in [0.15, 0.2) is 9.59 Å². The van der Waals surface area contributed by atoms with E-state index in [1.165, 1.54) is 6.42 Å². The third kappa shape index (κ3) is 3.63. The van der Waals surface area contributed by atoms with Crippen LogP contribution < -0.4 is 21.1 Å². The van der Waals surface area contributed by atoms with Crippen LogP contribution in [0, 0.1) is 5.92 Å². The molecule has 0 spiro atoms. The fraction of sp³-hybridized carbons (Fsp3) is 0.737. The number of piperidine rings is 1. The minimum Gasteiger partial charge on any atom is -0.466 e. The molecule has 2 heterocycles. The van der Waals surface area contributed by atoms with Gasteiger partial charge in [0.1, 0.15) is 11.4 Å².